The van der Waals surface area contributed by atoms with Crippen molar-refractivity contribution in [2.24, 2.45) is 0 Å². The Labute approximate surface area is 256 Å². The van der Waals surface area contributed by atoms with Gasteiger partial charge in [-0.05, 0) is 85.0 Å². The highest BCUT2D eigenvalue weighted by atomic mass is 16.2. The molecule has 2 aliphatic carbocycles. The van der Waals surface area contributed by atoms with Gasteiger partial charge in [0.1, 0.15) is 0 Å². The number of carbonyl (C=O) groups is 4. The van der Waals surface area contributed by atoms with Gasteiger partial charge in [-0.1, -0.05) is 74.9 Å². The average Bonchev–Trinajstić information content (AvgIpc) is 3.07. The van der Waals surface area contributed by atoms with E-state index in [4.69, 9.17) is 0 Å². The molecule has 0 spiro atoms. The summed E-state index contributed by atoms with van der Waals surface area (Å²) >= 11 is 0. The predicted molar refractivity (Wildman–Crippen MR) is 171 cm³/mol. The second-order valence-corrected chi connectivity index (χ2v) is 12.8. The zero-order valence-corrected chi connectivity index (χ0v) is 24.7. The van der Waals surface area contributed by atoms with Gasteiger partial charge in [0.25, 0.3) is 23.6 Å². The molecule has 0 saturated heterocycles. The third kappa shape index (κ3) is 4.00. The van der Waals surface area contributed by atoms with Crippen molar-refractivity contribution in [2.75, 3.05) is 9.80 Å². The second kappa shape index (κ2) is 10.5. The Balaban J connectivity index is 1.23. The van der Waals surface area contributed by atoms with Gasteiger partial charge in [-0.25, -0.2) is 9.80 Å². The van der Waals surface area contributed by atoms with Gasteiger partial charge in [-0.15, -0.1) is 0 Å². The summed E-state index contributed by atoms with van der Waals surface area (Å²) in [5.74, 6) is -1.07. The number of imide groups is 2. The molecular formula is C38H34N2O4. The van der Waals surface area contributed by atoms with Gasteiger partial charge >= 0.3 is 0 Å². The van der Waals surface area contributed by atoms with E-state index in [1.54, 1.807) is 24.3 Å². The van der Waals surface area contributed by atoms with E-state index >= 15 is 0 Å². The Morgan fingerprint density at radius 1 is 0.409 bits per heavy atom. The minimum absolute atomic E-state index is 0.301. The molecule has 6 nitrogen and oxygen atoms in total. The summed E-state index contributed by atoms with van der Waals surface area (Å²) in [6.45, 7) is 0. The largest absolute Gasteiger partial charge is 0.268 e. The van der Waals surface area contributed by atoms with Crippen molar-refractivity contribution in [3.8, 4) is 0 Å². The highest BCUT2D eigenvalue weighted by molar-refractivity contribution is 6.42. The number of benzene rings is 4. The highest BCUT2D eigenvalue weighted by Crippen LogP contribution is 2.45. The molecule has 2 fully saturated rings. The molecule has 0 atom stereocenters. The van der Waals surface area contributed by atoms with E-state index in [0.29, 0.717) is 56.2 Å². The van der Waals surface area contributed by atoms with Crippen LogP contribution in [-0.4, -0.2) is 23.6 Å². The van der Waals surface area contributed by atoms with Gasteiger partial charge in [0.05, 0.1) is 11.4 Å². The Morgan fingerprint density at radius 2 is 0.727 bits per heavy atom. The summed E-state index contributed by atoms with van der Waals surface area (Å²) in [6.07, 6.45) is 11.1. The number of para-hydroxylation sites is 2. The Bertz CT molecular complexity index is 1670. The van der Waals surface area contributed by atoms with Gasteiger partial charge < -0.3 is 0 Å². The maximum Gasteiger partial charge on any atom is 0.265 e. The molecule has 0 unspecified atom stereocenters. The molecule has 220 valence electrons. The van der Waals surface area contributed by atoms with E-state index < -0.39 is 23.6 Å². The smallest absolute Gasteiger partial charge is 0.265 e. The van der Waals surface area contributed by atoms with Gasteiger partial charge in [0.2, 0.25) is 0 Å². The lowest BCUT2D eigenvalue weighted by Crippen LogP contribution is -2.44. The average molecular weight is 583 g/mol. The van der Waals surface area contributed by atoms with Crippen LogP contribution < -0.4 is 9.80 Å². The van der Waals surface area contributed by atoms with Gasteiger partial charge in [-0.2, -0.15) is 0 Å². The molecule has 4 aliphatic rings. The van der Waals surface area contributed by atoms with Crippen LogP contribution in [0.4, 0.5) is 11.4 Å². The zero-order valence-electron chi connectivity index (χ0n) is 24.7. The monoisotopic (exact) mass is 582 g/mol. The van der Waals surface area contributed by atoms with E-state index in [9.17, 15) is 19.2 Å². The third-order valence-electron chi connectivity index (χ3n) is 10.3. The van der Waals surface area contributed by atoms with Crippen molar-refractivity contribution in [2.45, 2.75) is 76.0 Å². The molecule has 6 heteroatoms. The first-order valence-electron chi connectivity index (χ1n) is 16.1. The SMILES string of the molecule is O=C1c2ccc3c4c(ccc(c24)C(=O)N1c1ccccc1C1CCCCC1)C(=O)N(c1ccccc1C1CCCCC1)C3=O. The standard InChI is InChI=1S/C38H34N2O4/c41-35-27-19-21-29-34-30(38(44)40(37(29)43)32-18-10-8-16-26(32)24-13-5-2-6-14-24)22-20-28(33(27)34)36(42)39(35)31-17-9-7-15-25(31)23-11-3-1-4-12-23/h7-10,15-24H,1-6,11-14H2. The summed E-state index contributed by atoms with van der Waals surface area (Å²) in [5, 5.41) is 0.812. The fourth-order valence-corrected chi connectivity index (χ4v) is 8.21. The van der Waals surface area contributed by atoms with Crippen LogP contribution in [0.25, 0.3) is 10.8 Å². The van der Waals surface area contributed by atoms with Crippen molar-refractivity contribution in [1.29, 1.82) is 0 Å². The molecule has 2 aliphatic heterocycles. The van der Waals surface area contributed by atoms with E-state index in [1.165, 1.54) is 22.6 Å². The summed E-state index contributed by atoms with van der Waals surface area (Å²) in [6, 6.07) is 22.1. The Morgan fingerprint density at radius 3 is 1.07 bits per heavy atom. The van der Waals surface area contributed by atoms with Crippen LogP contribution >= 0.6 is 0 Å². The second-order valence-electron chi connectivity index (χ2n) is 12.8. The minimum atomic E-state index is -0.417. The molecule has 2 saturated carbocycles. The minimum Gasteiger partial charge on any atom is -0.268 e. The van der Waals surface area contributed by atoms with Gasteiger partial charge in [0.15, 0.2) is 0 Å². The first-order chi connectivity index (χ1) is 21.5. The molecule has 8 rings (SSSR count). The lowest BCUT2D eigenvalue weighted by Gasteiger charge is -2.34. The lowest BCUT2D eigenvalue weighted by atomic mass is 9.81. The lowest BCUT2D eigenvalue weighted by molar-refractivity contribution is 0.0872. The summed E-state index contributed by atoms with van der Waals surface area (Å²) in [7, 11) is 0. The van der Waals surface area contributed by atoms with Crippen molar-refractivity contribution in [3.63, 3.8) is 0 Å². The fraction of sp³-hybridized carbons (Fsp3) is 0.316. The molecule has 44 heavy (non-hydrogen) atoms. The third-order valence-corrected chi connectivity index (χ3v) is 10.3. The molecule has 4 aromatic carbocycles. The first kappa shape index (κ1) is 27.0. The number of amides is 4. The van der Waals surface area contributed by atoms with Crippen LogP contribution in [0.15, 0.2) is 72.8 Å². The van der Waals surface area contributed by atoms with Crippen LogP contribution in [0.5, 0.6) is 0 Å². The van der Waals surface area contributed by atoms with Gasteiger partial charge in [-0.3, -0.25) is 19.2 Å². The molecule has 0 bridgehead atoms. The van der Waals surface area contributed by atoms with E-state index in [2.05, 4.69) is 0 Å². The number of hydrogen-bond acceptors (Lipinski definition) is 4. The highest BCUT2D eigenvalue weighted by Gasteiger charge is 2.42. The molecule has 0 aromatic heterocycles. The maximum atomic E-state index is 14.2. The van der Waals surface area contributed by atoms with Crippen molar-refractivity contribution in [3.05, 3.63) is 106 Å². The van der Waals surface area contributed by atoms with Crippen LogP contribution in [-0.2, 0) is 0 Å². The number of carbonyl (C=O) groups excluding carboxylic acids is 4. The summed E-state index contributed by atoms with van der Waals surface area (Å²) < 4.78 is 0. The van der Waals surface area contributed by atoms with Crippen LogP contribution in [0.3, 0.4) is 0 Å². The number of anilines is 2. The van der Waals surface area contributed by atoms with E-state index in [0.717, 1.165) is 62.5 Å². The molecule has 0 radical (unpaired) electrons. The molecule has 0 N–H and O–H groups in total. The number of hydrogen-bond donors (Lipinski definition) is 0. The Kier molecular flexibility index (Phi) is 6.47. The Hall–Kier alpha value is -4.58. The van der Waals surface area contributed by atoms with E-state index in [-0.39, 0.29) is 0 Å². The fourth-order valence-electron chi connectivity index (χ4n) is 8.21. The van der Waals surface area contributed by atoms with Crippen LogP contribution in [0, 0.1) is 0 Å². The molecule has 2 heterocycles. The maximum absolute atomic E-state index is 14.2. The molecule has 4 aromatic rings. The summed E-state index contributed by atoms with van der Waals surface area (Å²) in [5.41, 5.74) is 4.69. The van der Waals surface area contributed by atoms with Crippen LogP contribution in [0.1, 0.15) is 129 Å². The number of nitrogens with zero attached hydrogens (tertiary/aromatic N) is 2. The van der Waals surface area contributed by atoms with Crippen LogP contribution in [0.2, 0.25) is 0 Å². The predicted octanol–water partition coefficient (Wildman–Crippen LogP) is 8.54. The quantitative estimate of drug-likeness (QED) is 0.226. The van der Waals surface area contributed by atoms with Crippen molar-refractivity contribution in [1.82, 2.24) is 0 Å². The first-order valence-corrected chi connectivity index (χ1v) is 16.1. The summed E-state index contributed by atoms with van der Waals surface area (Å²) in [4.78, 5) is 59.3. The zero-order chi connectivity index (χ0) is 29.9. The molecule has 4 amide bonds. The number of rotatable bonds is 4. The topological polar surface area (TPSA) is 74.8 Å². The van der Waals surface area contributed by atoms with Crippen molar-refractivity contribution < 1.29 is 19.2 Å². The van der Waals surface area contributed by atoms with Crippen molar-refractivity contribution >= 4 is 45.8 Å². The van der Waals surface area contributed by atoms with Gasteiger partial charge in [0, 0.05) is 33.0 Å². The van der Waals surface area contributed by atoms with E-state index in [1.807, 2.05) is 48.5 Å². The molecular weight excluding hydrogens is 548 g/mol. The normalized spacial score (nSPS) is 19.3.